The van der Waals surface area contributed by atoms with Gasteiger partial charge in [-0.25, -0.2) is 4.39 Å². The lowest BCUT2D eigenvalue weighted by molar-refractivity contribution is -0.00685. The third-order valence-electron chi connectivity index (χ3n) is 3.57. The molecule has 1 atom stereocenters. The fourth-order valence-corrected chi connectivity index (χ4v) is 2.59. The van der Waals surface area contributed by atoms with Gasteiger partial charge in [0, 0.05) is 12.0 Å². The average molecular weight is 251 g/mol. The molecule has 1 fully saturated rings. The molecule has 2 aliphatic heterocycles. The van der Waals surface area contributed by atoms with Crippen molar-refractivity contribution in [3.05, 3.63) is 29.6 Å². The lowest BCUT2D eigenvalue weighted by Crippen LogP contribution is -2.34. The third kappa shape index (κ3) is 2.65. The van der Waals surface area contributed by atoms with Crippen molar-refractivity contribution < 1.29 is 13.9 Å². The molecule has 1 aromatic rings. The molecule has 0 amide bonds. The van der Waals surface area contributed by atoms with Gasteiger partial charge in [0.15, 0.2) is 0 Å². The molecule has 2 aliphatic rings. The lowest BCUT2D eigenvalue weighted by atomic mass is 10.1. The minimum absolute atomic E-state index is 0.0386. The van der Waals surface area contributed by atoms with Crippen LogP contribution < -0.4 is 10.1 Å². The summed E-state index contributed by atoms with van der Waals surface area (Å²) in [6.07, 6.45) is 3.26. The Hall–Kier alpha value is -1.13. The fraction of sp³-hybridized carbons (Fsp3) is 0.571. The summed E-state index contributed by atoms with van der Waals surface area (Å²) in [7, 11) is 0. The van der Waals surface area contributed by atoms with Crippen molar-refractivity contribution in [2.24, 2.45) is 0 Å². The van der Waals surface area contributed by atoms with E-state index in [1.54, 1.807) is 12.1 Å². The Bertz CT molecular complexity index is 418. The topological polar surface area (TPSA) is 30.5 Å². The van der Waals surface area contributed by atoms with Crippen LogP contribution in [0.1, 0.15) is 18.4 Å². The number of rotatable bonds is 3. The van der Waals surface area contributed by atoms with Crippen molar-refractivity contribution in [1.82, 2.24) is 5.32 Å². The number of fused-ring (bicyclic) bond motifs is 1. The predicted molar refractivity (Wildman–Crippen MR) is 66.4 cm³/mol. The van der Waals surface area contributed by atoms with Crippen molar-refractivity contribution in [2.75, 3.05) is 19.7 Å². The summed E-state index contributed by atoms with van der Waals surface area (Å²) in [5, 5.41) is 3.31. The van der Waals surface area contributed by atoms with Crippen molar-refractivity contribution in [1.29, 1.82) is 0 Å². The third-order valence-corrected chi connectivity index (χ3v) is 3.57. The molecule has 1 N–H and O–H groups in total. The van der Waals surface area contributed by atoms with Gasteiger partial charge in [-0.1, -0.05) is 0 Å². The lowest BCUT2D eigenvalue weighted by Gasteiger charge is -2.24. The summed E-state index contributed by atoms with van der Waals surface area (Å²) < 4.78 is 24.7. The second-order valence-electron chi connectivity index (χ2n) is 4.98. The van der Waals surface area contributed by atoms with Crippen molar-refractivity contribution >= 4 is 0 Å². The minimum Gasteiger partial charge on any atom is -0.487 e. The van der Waals surface area contributed by atoms with Gasteiger partial charge in [-0.2, -0.15) is 0 Å². The molecule has 0 bridgehead atoms. The van der Waals surface area contributed by atoms with Crippen molar-refractivity contribution in [3.8, 4) is 5.75 Å². The molecule has 2 heterocycles. The molecule has 18 heavy (non-hydrogen) atoms. The number of halogens is 1. The monoisotopic (exact) mass is 251 g/mol. The van der Waals surface area contributed by atoms with E-state index in [9.17, 15) is 4.39 Å². The standard InChI is InChI=1S/C14H18FNO2/c15-11-1-2-14-10(7-11)8-13(18-14)9-17-12-3-5-16-6-4-12/h1-2,7,12-13,16H,3-6,8-9H2. The van der Waals surface area contributed by atoms with Gasteiger partial charge in [-0.05, 0) is 44.1 Å². The maximum Gasteiger partial charge on any atom is 0.126 e. The van der Waals surface area contributed by atoms with Gasteiger partial charge in [-0.15, -0.1) is 0 Å². The smallest absolute Gasteiger partial charge is 0.126 e. The van der Waals surface area contributed by atoms with Gasteiger partial charge >= 0.3 is 0 Å². The average Bonchev–Trinajstić information content (AvgIpc) is 2.79. The first-order chi connectivity index (χ1) is 8.81. The fourth-order valence-electron chi connectivity index (χ4n) is 2.59. The molecule has 3 rings (SSSR count). The second kappa shape index (κ2) is 5.24. The summed E-state index contributed by atoms with van der Waals surface area (Å²) in [5.74, 6) is 0.604. The van der Waals surface area contributed by atoms with E-state index in [-0.39, 0.29) is 11.9 Å². The molecule has 98 valence electrons. The van der Waals surface area contributed by atoms with Crippen LogP contribution in [0.25, 0.3) is 0 Å². The molecule has 0 radical (unpaired) electrons. The predicted octanol–water partition coefficient (Wildman–Crippen LogP) is 1.90. The van der Waals surface area contributed by atoms with Gasteiger partial charge in [-0.3, -0.25) is 0 Å². The number of benzene rings is 1. The first-order valence-electron chi connectivity index (χ1n) is 6.58. The van der Waals surface area contributed by atoms with Crippen LogP contribution in [0.3, 0.4) is 0 Å². The zero-order valence-corrected chi connectivity index (χ0v) is 10.3. The van der Waals surface area contributed by atoms with Gasteiger partial charge in [0.2, 0.25) is 0 Å². The molecule has 0 spiro atoms. The summed E-state index contributed by atoms with van der Waals surface area (Å²) in [4.78, 5) is 0. The van der Waals surface area contributed by atoms with Crippen molar-refractivity contribution in [3.63, 3.8) is 0 Å². The number of nitrogens with one attached hydrogen (secondary N) is 1. The van der Waals surface area contributed by atoms with Gasteiger partial charge in [0.1, 0.15) is 17.7 Å². The largest absolute Gasteiger partial charge is 0.487 e. The first kappa shape index (κ1) is 11.9. The van der Waals surface area contributed by atoms with Crippen molar-refractivity contribution in [2.45, 2.75) is 31.5 Å². The Kier molecular flexibility index (Phi) is 3.48. The quantitative estimate of drug-likeness (QED) is 0.890. The molecule has 1 unspecified atom stereocenters. The van der Waals surface area contributed by atoms with Crippen LogP contribution in [-0.4, -0.2) is 31.9 Å². The van der Waals surface area contributed by atoms with Crippen LogP contribution in [0.15, 0.2) is 18.2 Å². The van der Waals surface area contributed by atoms with Gasteiger partial charge < -0.3 is 14.8 Å². The van der Waals surface area contributed by atoms with E-state index in [1.165, 1.54) is 6.07 Å². The highest BCUT2D eigenvalue weighted by Crippen LogP contribution is 2.29. The summed E-state index contributed by atoms with van der Waals surface area (Å²) >= 11 is 0. The summed E-state index contributed by atoms with van der Waals surface area (Å²) in [6.45, 7) is 2.66. The Morgan fingerprint density at radius 1 is 1.33 bits per heavy atom. The Labute approximate surface area is 106 Å². The van der Waals surface area contributed by atoms with Gasteiger partial charge in [0.25, 0.3) is 0 Å². The Morgan fingerprint density at radius 3 is 3.00 bits per heavy atom. The summed E-state index contributed by atoms with van der Waals surface area (Å²) in [6, 6.07) is 4.70. The van der Waals surface area contributed by atoms with E-state index in [4.69, 9.17) is 9.47 Å². The number of hydrogen-bond donors (Lipinski definition) is 1. The molecule has 4 heteroatoms. The number of hydrogen-bond acceptors (Lipinski definition) is 3. The van der Waals surface area contributed by atoms with Crippen LogP contribution in [-0.2, 0) is 11.2 Å². The van der Waals surface area contributed by atoms with Gasteiger partial charge in [0.05, 0.1) is 12.7 Å². The maximum absolute atomic E-state index is 13.1. The van der Waals surface area contributed by atoms with Crippen LogP contribution in [0.4, 0.5) is 4.39 Å². The Balaban J connectivity index is 1.51. The van der Waals surface area contributed by atoms with E-state index >= 15 is 0 Å². The zero-order chi connectivity index (χ0) is 12.4. The second-order valence-corrected chi connectivity index (χ2v) is 4.98. The number of piperidine rings is 1. The molecule has 0 aliphatic carbocycles. The van der Waals surface area contributed by atoms with E-state index in [2.05, 4.69) is 5.32 Å². The first-order valence-corrected chi connectivity index (χ1v) is 6.58. The SMILES string of the molecule is Fc1ccc2c(c1)CC(COC1CCNCC1)O2. The summed E-state index contributed by atoms with van der Waals surface area (Å²) in [5.41, 5.74) is 0.953. The van der Waals surface area contributed by atoms with Crippen LogP contribution in [0, 0.1) is 5.82 Å². The van der Waals surface area contributed by atoms with Crippen LogP contribution >= 0.6 is 0 Å². The highest BCUT2D eigenvalue weighted by Gasteiger charge is 2.25. The molecular weight excluding hydrogens is 233 g/mol. The minimum atomic E-state index is -0.197. The normalized spacial score (nSPS) is 23.7. The van der Waals surface area contributed by atoms with Crippen LogP contribution in [0.2, 0.25) is 0 Å². The van der Waals surface area contributed by atoms with Crippen LogP contribution in [0.5, 0.6) is 5.75 Å². The highest BCUT2D eigenvalue weighted by molar-refractivity contribution is 5.37. The van der Waals surface area contributed by atoms with E-state index in [1.807, 2.05) is 0 Å². The maximum atomic E-state index is 13.1. The number of ether oxygens (including phenoxy) is 2. The molecule has 0 aromatic heterocycles. The molecule has 3 nitrogen and oxygen atoms in total. The van der Waals surface area contributed by atoms with E-state index in [0.717, 1.165) is 43.7 Å². The van der Waals surface area contributed by atoms with E-state index in [0.29, 0.717) is 12.7 Å². The molecule has 1 saturated heterocycles. The van der Waals surface area contributed by atoms with E-state index < -0.39 is 0 Å². The Morgan fingerprint density at radius 2 is 2.17 bits per heavy atom. The molecule has 0 saturated carbocycles. The zero-order valence-electron chi connectivity index (χ0n) is 10.3. The molecular formula is C14H18FNO2. The highest BCUT2D eigenvalue weighted by atomic mass is 19.1. The molecule has 1 aromatic carbocycles.